The van der Waals surface area contributed by atoms with E-state index in [0.29, 0.717) is 24.3 Å². The molecule has 1 aliphatic heterocycles. The molecule has 1 unspecified atom stereocenters. The van der Waals surface area contributed by atoms with Crippen molar-refractivity contribution in [2.75, 3.05) is 6.54 Å². The van der Waals surface area contributed by atoms with Crippen LogP contribution in [0.4, 0.5) is 0 Å². The molecule has 1 aromatic rings. The minimum Gasteiger partial charge on any atom is -0.303 e. The molecule has 1 fully saturated rings. The molecule has 0 radical (unpaired) electrons. The molecule has 90 valence electrons. The van der Waals surface area contributed by atoms with Crippen LogP contribution in [-0.4, -0.2) is 12.3 Å². The van der Waals surface area contributed by atoms with E-state index in [4.69, 9.17) is 11.6 Å². The quantitative estimate of drug-likeness (QED) is 0.766. The summed E-state index contributed by atoms with van der Waals surface area (Å²) in [5.41, 5.74) is 2.68. The smallest absolute Gasteiger partial charge is 0.149 e. The van der Waals surface area contributed by atoms with Crippen LogP contribution >= 0.6 is 11.6 Å². The van der Waals surface area contributed by atoms with E-state index in [1.165, 1.54) is 11.1 Å². The van der Waals surface area contributed by atoms with Crippen molar-refractivity contribution in [1.82, 2.24) is 5.32 Å². The molecule has 3 rings (SSSR count). The number of carbonyl (C=O) groups is 1. The molecule has 1 heterocycles. The lowest BCUT2D eigenvalue weighted by molar-refractivity contribution is -0.126. The van der Waals surface area contributed by atoms with Gasteiger partial charge in [0.2, 0.25) is 0 Å². The predicted molar refractivity (Wildman–Crippen MR) is 68.2 cm³/mol. The topological polar surface area (TPSA) is 29.1 Å². The van der Waals surface area contributed by atoms with E-state index < -0.39 is 0 Å². The average molecular weight is 250 g/mol. The Morgan fingerprint density at radius 2 is 2.24 bits per heavy atom. The molecule has 0 spiro atoms. The van der Waals surface area contributed by atoms with Crippen LogP contribution in [0, 0.1) is 11.8 Å². The van der Waals surface area contributed by atoms with Crippen LogP contribution in [0.3, 0.4) is 0 Å². The molecule has 2 aliphatic rings. The summed E-state index contributed by atoms with van der Waals surface area (Å²) in [5, 5.41) is 4.19. The second kappa shape index (κ2) is 4.11. The maximum absolute atomic E-state index is 11.7. The number of hydrogen-bond donors (Lipinski definition) is 1. The summed E-state index contributed by atoms with van der Waals surface area (Å²) < 4.78 is 0. The second-order valence-corrected chi connectivity index (χ2v) is 5.60. The molecular formula is C14H16ClNO. The van der Waals surface area contributed by atoms with Crippen molar-refractivity contribution in [2.24, 2.45) is 11.8 Å². The maximum atomic E-state index is 11.7. The molecule has 1 saturated heterocycles. The lowest BCUT2D eigenvalue weighted by Gasteiger charge is -2.41. The van der Waals surface area contributed by atoms with Gasteiger partial charge in [-0.3, -0.25) is 4.79 Å². The Morgan fingerprint density at radius 1 is 1.41 bits per heavy atom. The van der Waals surface area contributed by atoms with Crippen LogP contribution in [0.2, 0.25) is 5.02 Å². The van der Waals surface area contributed by atoms with Crippen molar-refractivity contribution in [2.45, 2.75) is 25.8 Å². The third-order valence-electron chi connectivity index (χ3n) is 4.26. The van der Waals surface area contributed by atoms with Crippen molar-refractivity contribution in [3.63, 3.8) is 0 Å². The van der Waals surface area contributed by atoms with E-state index in [1.807, 2.05) is 6.07 Å². The van der Waals surface area contributed by atoms with E-state index in [2.05, 4.69) is 24.4 Å². The molecule has 0 amide bonds. The largest absolute Gasteiger partial charge is 0.303 e. The Morgan fingerprint density at radius 3 is 3.06 bits per heavy atom. The van der Waals surface area contributed by atoms with Crippen molar-refractivity contribution in [3.8, 4) is 0 Å². The fourth-order valence-corrected chi connectivity index (χ4v) is 3.42. The zero-order valence-electron chi connectivity index (χ0n) is 9.87. The average Bonchev–Trinajstić information content (AvgIpc) is 2.33. The fraction of sp³-hybridized carbons (Fsp3) is 0.500. The van der Waals surface area contributed by atoms with Crippen LogP contribution in [0.25, 0.3) is 0 Å². The normalized spacial score (nSPS) is 31.9. The number of benzene rings is 1. The van der Waals surface area contributed by atoms with Gasteiger partial charge in [-0.1, -0.05) is 24.6 Å². The monoisotopic (exact) mass is 249 g/mol. The number of rotatable bonds is 0. The third kappa shape index (κ3) is 1.80. The van der Waals surface area contributed by atoms with Crippen LogP contribution in [0.5, 0.6) is 0 Å². The molecule has 17 heavy (non-hydrogen) atoms. The summed E-state index contributed by atoms with van der Waals surface area (Å²) in [4.78, 5) is 11.7. The van der Waals surface area contributed by atoms with E-state index in [1.54, 1.807) is 0 Å². The maximum Gasteiger partial charge on any atom is 0.149 e. The lowest BCUT2D eigenvalue weighted by Crippen LogP contribution is -2.47. The molecule has 3 heteroatoms. The first-order valence-electron chi connectivity index (χ1n) is 6.21. The molecule has 0 bridgehead atoms. The van der Waals surface area contributed by atoms with E-state index >= 15 is 0 Å². The van der Waals surface area contributed by atoms with Gasteiger partial charge in [-0.25, -0.2) is 0 Å². The number of nitrogens with one attached hydrogen (secondary N) is 1. The molecule has 2 nitrogen and oxygen atoms in total. The van der Waals surface area contributed by atoms with Gasteiger partial charge in [0.15, 0.2) is 0 Å². The Hall–Kier alpha value is -0.860. The highest BCUT2D eigenvalue weighted by Gasteiger charge is 2.39. The first-order chi connectivity index (χ1) is 8.16. The summed E-state index contributed by atoms with van der Waals surface area (Å²) in [6, 6.07) is 6.47. The fourth-order valence-electron chi connectivity index (χ4n) is 3.22. The summed E-state index contributed by atoms with van der Waals surface area (Å²) in [6.45, 7) is 2.58. The molecule has 0 saturated carbocycles. The summed E-state index contributed by atoms with van der Waals surface area (Å²) >= 11 is 6.03. The summed E-state index contributed by atoms with van der Waals surface area (Å²) in [6.07, 6.45) is 2.12. The highest BCUT2D eigenvalue weighted by atomic mass is 35.5. The number of fused-ring (bicyclic) bond motifs is 3. The first kappa shape index (κ1) is 11.2. The van der Waals surface area contributed by atoms with Crippen molar-refractivity contribution in [1.29, 1.82) is 0 Å². The van der Waals surface area contributed by atoms with Crippen LogP contribution in [0.1, 0.15) is 30.5 Å². The van der Waals surface area contributed by atoms with Gasteiger partial charge in [0.05, 0.1) is 6.54 Å². The highest BCUT2D eigenvalue weighted by Crippen LogP contribution is 2.41. The van der Waals surface area contributed by atoms with Gasteiger partial charge < -0.3 is 5.32 Å². The molecule has 3 atom stereocenters. The number of halogens is 1. The van der Waals surface area contributed by atoms with Gasteiger partial charge in [-0.15, -0.1) is 0 Å². The Balaban J connectivity index is 1.99. The minimum absolute atomic E-state index is 0.185. The van der Waals surface area contributed by atoms with E-state index in [9.17, 15) is 4.79 Å². The molecule has 1 aliphatic carbocycles. The molecular weight excluding hydrogens is 234 g/mol. The Bertz CT molecular complexity index is 471. The van der Waals surface area contributed by atoms with E-state index in [0.717, 1.165) is 17.9 Å². The van der Waals surface area contributed by atoms with Gasteiger partial charge in [-0.05, 0) is 42.0 Å². The third-order valence-corrected chi connectivity index (χ3v) is 4.50. The number of hydrogen-bond acceptors (Lipinski definition) is 2. The van der Waals surface area contributed by atoms with Crippen LogP contribution < -0.4 is 5.32 Å². The second-order valence-electron chi connectivity index (χ2n) is 5.16. The lowest BCUT2D eigenvalue weighted by atomic mass is 9.71. The molecule has 1 N–H and O–H groups in total. The summed E-state index contributed by atoms with van der Waals surface area (Å²) in [5.74, 6) is 0.985. The van der Waals surface area contributed by atoms with Gasteiger partial charge in [-0.2, -0.15) is 0 Å². The van der Waals surface area contributed by atoms with Gasteiger partial charge in [0.25, 0.3) is 0 Å². The standard InChI is InChI=1S/C14H16ClNO/c1-8-11-4-2-9-6-10(15)3-5-12(9)14(11)16-7-13(8)17/h3,5-6,8,11,14,16H,2,4,7H2,1H3/t8?,11-,14-/m1/s1. The zero-order chi connectivity index (χ0) is 12.0. The van der Waals surface area contributed by atoms with Crippen LogP contribution in [-0.2, 0) is 11.2 Å². The van der Waals surface area contributed by atoms with Crippen molar-refractivity contribution >= 4 is 17.4 Å². The van der Waals surface area contributed by atoms with Gasteiger partial charge in [0.1, 0.15) is 5.78 Å². The minimum atomic E-state index is 0.185. The number of carbonyl (C=O) groups excluding carboxylic acids is 1. The molecule has 0 aromatic heterocycles. The predicted octanol–water partition coefficient (Wildman–Crippen LogP) is 2.75. The first-order valence-corrected chi connectivity index (χ1v) is 6.59. The SMILES string of the molecule is CC1C(=O)CN[C@H]2c3ccc(Cl)cc3CC[C@H]12. The number of ketones is 1. The Labute approximate surface area is 106 Å². The van der Waals surface area contributed by atoms with Crippen molar-refractivity contribution in [3.05, 3.63) is 34.3 Å². The number of piperidine rings is 1. The van der Waals surface area contributed by atoms with E-state index in [-0.39, 0.29) is 5.92 Å². The zero-order valence-corrected chi connectivity index (χ0v) is 10.6. The van der Waals surface area contributed by atoms with Gasteiger partial charge in [0, 0.05) is 17.0 Å². The Kier molecular flexibility index (Phi) is 2.72. The summed E-state index contributed by atoms with van der Waals surface area (Å²) in [7, 11) is 0. The molecule has 1 aromatic carbocycles. The van der Waals surface area contributed by atoms with Crippen molar-refractivity contribution < 1.29 is 4.79 Å². The van der Waals surface area contributed by atoms with Gasteiger partial charge >= 0.3 is 0 Å². The van der Waals surface area contributed by atoms with Crippen LogP contribution in [0.15, 0.2) is 18.2 Å². The number of Topliss-reactive ketones (excluding diaryl/α,β-unsaturated/α-hetero) is 1. The number of aryl methyl sites for hydroxylation is 1. The highest BCUT2D eigenvalue weighted by molar-refractivity contribution is 6.30.